The fraction of sp³-hybridized carbons (Fsp3) is 0.714. The van der Waals surface area contributed by atoms with Gasteiger partial charge in [0.2, 0.25) is 5.89 Å². The monoisotopic (exact) mass is 449 g/mol. The van der Waals surface area contributed by atoms with Crippen molar-refractivity contribution in [1.29, 1.82) is 0 Å². The predicted molar refractivity (Wildman–Crippen MR) is 107 cm³/mol. The van der Waals surface area contributed by atoms with E-state index in [-0.39, 0.29) is 5.41 Å². The quantitative estimate of drug-likeness (QED) is 0.638. The molecule has 0 atom stereocenters. The number of hydrogen-bond donors (Lipinski definition) is 0. The van der Waals surface area contributed by atoms with E-state index < -0.39 is 0 Å². The Kier molecular flexibility index (Phi) is 5.32. The molecule has 2 aliphatic heterocycles. The zero-order valence-electron chi connectivity index (χ0n) is 16.2. The molecule has 5 rings (SSSR count). The lowest BCUT2D eigenvalue weighted by Gasteiger charge is -2.39. The van der Waals surface area contributed by atoms with Crippen LogP contribution in [0, 0.1) is 5.92 Å². The third-order valence-electron chi connectivity index (χ3n) is 6.68. The highest BCUT2D eigenvalue weighted by molar-refractivity contribution is 9.10. The lowest BCUT2D eigenvalue weighted by molar-refractivity contribution is 0.0778. The van der Waals surface area contributed by atoms with Gasteiger partial charge in [-0.25, -0.2) is 0 Å². The van der Waals surface area contributed by atoms with Crippen LogP contribution in [-0.4, -0.2) is 41.3 Å². The molecule has 1 aliphatic carbocycles. The summed E-state index contributed by atoms with van der Waals surface area (Å²) in [6, 6.07) is 4.02. The summed E-state index contributed by atoms with van der Waals surface area (Å²) in [5, 5.41) is 4.51. The van der Waals surface area contributed by atoms with E-state index in [9.17, 15) is 0 Å². The first-order valence-electron chi connectivity index (χ1n) is 10.6. The summed E-state index contributed by atoms with van der Waals surface area (Å²) in [5.41, 5.74) is 0.0777. The molecular weight excluding hydrogens is 422 g/mol. The van der Waals surface area contributed by atoms with E-state index in [1.165, 1.54) is 19.3 Å². The van der Waals surface area contributed by atoms with Gasteiger partial charge >= 0.3 is 0 Å². The molecule has 0 spiro atoms. The van der Waals surface area contributed by atoms with Crippen LogP contribution >= 0.6 is 15.9 Å². The fourth-order valence-corrected chi connectivity index (χ4v) is 5.09. The Labute approximate surface area is 174 Å². The summed E-state index contributed by atoms with van der Waals surface area (Å²) < 4.78 is 17.7. The minimum Gasteiger partial charge on any atom is -0.453 e. The molecule has 152 valence electrons. The van der Waals surface area contributed by atoms with Crippen LogP contribution in [0.2, 0.25) is 0 Å². The zero-order chi connectivity index (χ0) is 19.0. The van der Waals surface area contributed by atoms with Gasteiger partial charge in [0, 0.05) is 24.5 Å². The topological polar surface area (TPSA) is 64.5 Å². The lowest BCUT2D eigenvalue weighted by atomic mass is 9.73. The molecule has 2 aromatic rings. The first kappa shape index (κ1) is 18.8. The Morgan fingerprint density at radius 1 is 1.11 bits per heavy atom. The molecule has 0 unspecified atom stereocenters. The van der Waals surface area contributed by atoms with Crippen molar-refractivity contribution < 1.29 is 13.7 Å². The van der Waals surface area contributed by atoms with Crippen LogP contribution in [0.1, 0.15) is 68.3 Å². The summed E-state index contributed by atoms with van der Waals surface area (Å²) in [4.78, 5) is 7.43. The SMILES string of the molecule is Brc1ccc(CN2CCC(CC3CC3)(c3noc(C4CCOCC4)n3)CC2)o1. The average molecular weight is 450 g/mol. The van der Waals surface area contributed by atoms with Crippen molar-refractivity contribution in [2.45, 2.75) is 62.8 Å². The number of ether oxygens (including phenoxy) is 1. The van der Waals surface area contributed by atoms with Crippen molar-refractivity contribution in [3.05, 3.63) is 34.3 Å². The molecular formula is C21H28BrN3O3. The van der Waals surface area contributed by atoms with Crippen molar-refractivity contribution in [2.75, 3.05) is 26.3 Å². The molecule has 28 heavy (non-hydrogen) atoms. The summed E-state index contributed by atoms with van der Waals surface area (Å²) in [7, 11) is 0. The number of furan rings is 1. The second kappa shape index (κ2) is 7.92. The van der Waals surface area contributed by atoms with E-state index in [1.807, 2.05) is 6.07 Å². The zero-order valence-corrected chi connectivity index (χ0v) is 17.8. The Balaban J connectivity index is 1.29. The molecule has 3 fully saturated rings. The second-order valence-electron chi connectivity index (χ2n) is 8.75. The first-order chi connectivity index (χ1) is 13.7. The average Bonchev–Trinajstić information content (AvgIpc) is 3.21. The molecule has 2 aromatic heterocycles. The molecule has 4 heterocycles. The third kappa shape index (κ3) is 4.07. The van der Waals surface area contributed by atoms with Crippen LogP contribution < -0.4 is 0 Å². The van der Waals surface area contributed by atoms with Crippen molar-refractivity contribution in [3.63, 3.8) is 0 Å². The highest BCUT2D eigenvalue weighted by Crippen LogP contribution is 2.47. The highest BCUT2D eigenvalue weighted by Gasteiger charge is 2.44. The molecule has 3 aliphatic rings. The van der Waals surface area contributed by atoms with E-state index in [1.54, 1.807) is 0 Å². The molecule has 0 bridgehead atoms. The van der Waals surface area contributed by atoms with Crippen LogP contribution in [0.15, 0.2) is 25.7 Å². The minimum atomic E-state index is 0.0777. The summed E-state index contributed by atoms with van der Waals surface area (Å²) >= 11 is 3.39. The Bertz CT molecular complexity index is 786. The standard InChI is InChI=1S/C21H28BrN3O3/c22-18-4-3-17(27-18)14-25-9-7-21(8-10-25,13-15-1-2-15)20-23-19(28-24-20)16-5-11-26-12-6-16/h3-4,15-16H,1-2,5-14H2. The molecule has 6 nitrogen and oxygen atoms in total. The van der Waals surface area contributed by atoms with Crippen LogP contribution in [0.5, 0.6) is 0 Å². The number of halogens is 1. The molecule has 0 N–H and O–H groups in total. The lowest BCUT2D eigenvalue weighted by Crippen LogP contribution is -2.43. The molecule has 0 amide bonds. The van der Waals surface area contributed by atoms with Gasteiger partial charge in [-0.05, 0) is 79.2 Å². The minimum absolute atomic E-state index is 0.0777. The Hall–Kier alpha value is -1.18. The molecule has 7 heteroatoms. The van der Waals surface area contributed by atoms with E-state index >= 15 is 0 Å². The highest BCUT2D eigenvalue weighted by atomic mass is 79.9. The number of likely N-dealkylation sites (tertiary alicyclic amines) is 1. The van der Waals surface area contributed by atoms with E-state index in [0.29, 0.717) is 5.92 Å². The van der Waals surface area contributed by atoms with Gasteiger partial charge in [0.05, 0.1) is 6.54 Å². The van der Waals surface area contributed by atoms with Crippen LogP contribution in [-0.2, 0) is 16.7 Å². The second-order valence-corrected chi connectivity index (χ2v) is 9.53. The summed E-state index contributed by atoms with van der Waals surface area (Å²) in [6.45, 7) is 4.56. The summed E-state index contributed by atoms with van der Waals surface area (Å²) in [6.07, 6.45) is 8.09. The fourth-order valence-electron chi connectivity index (χ4n) is 4.75. The summed E-state index contributed by atoms with van der Waals surface area (Å²) in [5.74, 6) is 4.02. The number of nitrogens with zero attached hydrogens (tertiary/aromatic N) is 3. The molecule has 1 saturated carbocycles. The first-order valence-corrected chi connectivity index (χ1v) is 11.4. The number of rotatable bonds is 6. The van der Waals surface area contributed by atoms with Gasteiger partial charge in [0.25, 0.3) is 0 Å². The van der Waals surface area contributed by atoms with Crippen molar-refractivity contribution >= 4 is 15.9 Å². The smallest absolute Gasteiger partial charge is 0.229 e. The van der Waals surface area contributed by atoms with E-state index in [4.69, 9.17) is 18.7 Å². The normalized spacial score (nSPS) is 23.9. The van der Waals surface area contributed by atoms with Crippen molar-refractivity contribution in [2.24, 2.45) is 5.92 Å². The Morgan fingerprint density at radius 2 is 1.89 bits per heavy atom. The van der Waals surface area contributed by atoms with Gasteiger partial charge in [-0.2, -0.15) is 4.98 Å². The molecule has 0 radical (unpaired) electrons. The van der Waals surface area contributed by atoms with Gasteiger partial charge < -0.3 is 13.7 Å². The van der Waals surface area contributed by atoms with Gasteiger partial charge in [0.15, 0.2) is 10.5 Å². The largest absolute Gasteiger partial charge is 0.453 e. The van der Waals surface area contributed by atoms with Crippen molar-refractivity contribution in [3.8, 4) is 0 Å². The number of piperidine rings is 1. The third-order valence-corrected chi connectivity index (χ3v) is 7.11. The Morgan fingerprint density at radius 3 is 2.57 bits per heavy atom. The van der Waals surface area contributed by atoms with Gasteiger partial charge in [-0.15, -0.1) is 0 Å². The molecule has 2 saturated heterocycles. The van der Waals surface area contributed by atoms with E-state index in [0.717, 1.165) is 86.6 Å². The van der Waals surface area contributed by atoms with Crippen molar-refractivity contribution in [1.82, 2.24) is 15.0 Å². The van der Waals surface area contributed by atoms with Gasteiger partial charge in [-0.1, -0.05) is 18.0 Å². The molecule has 0 aromatic carbocycles. The maximum Gasteiger partial charge on any atom is 0.229 e. The maximum atomic E-state index is 5.76. The maximum absolute atomic E-state index is 5.76. The van der Waals surface area contributed by atoms with Gasteiger partial charge in [-0.3, -0.25) is 4.90 Å². The van der Waals surface area contributed by atoms with Gasteiger partial charge in [0.1, 0.15) is 5.76 Å². The number of hydrogen-bond acceptors (Lipinski definition) is 6. The number of aromatic nitrogens is 2. The van der Waals surface area contributed by atoms with E-state index in [2.05, 4.69) is 32.1 Å². The van der Waals surface area contributed by atoms with Crippen LogP contribution in [0.25, 0.3) is 0 Å². The van der Waals surface area contributed by atoms with Crippen LogP contribution in [0.3, 0.4) is 0 Å². The van der Waals surface area contributed by atoms with Crippen LogP contribution in [0.4, 0.5) is 0 Å². The predicted octanol–water partition coefficient (Wildman–Crippen LogP) is 4.65.